The normalized spacial score (nSPS) is 21.4. The van der Waals surface area contributed by atoms with Gasteiger partial charge in [0.1, 0.15) is 12.6 Å². The van der Waals surface area contributed by atoms with E-state index in [1.165, 1.54) is 5.06 Å². The fraction of sp³-hybridized carbons (Fsp3) is 0.333. The number of benzene rings is 2. The molecule has 6 nitrogen and oxygen atoms in total. The number of hydrogen-bond acceptors (Lipinski definition) is 3. The summed E-state index contributed by atoms with van der Waals surface area (Å²) in [4.78, 5) is 32.8. The van der Waals surface area contributed by atoms with Crippen molar-refractivity contribution in [3.05, 3.63) is 71.8 Å². The number of fused-ring (bicyclic) bond motifs is 2. The Hall–Kier alpha value is -2.86. The second-order valence-corrected chi connectivity index (χ2v) is 6.97. The van der Waals surface area contributed by atoms with Crippen LogP contribution in [0.2, 0.25) is 0 Å². The summed E-state index contributed by atoms with van der Waals surface area (Å²) in [6, 6.07) is 18.9. The second kappa shape index (κ2) is 7.80. The number of nitrogens with one attached hydrogen (secondary N) is 1. The summed E-state index contributed by atoms with van der Waals surface area (Å²) < 4.78 is 0. The standard InChI is InChI=1S/C21H23N3O3/c25-20(22-13-16-7-3-1-4-8-16)19-12-11-18-14-23(19)21(26)24(18)27-15-17-9-5-2-6-10-17/h1-10,18-19H,11-15H2,(H,22,25). The summed E-state index contributed by atoms with van der Waals surface area (Å²) in [6.07, 6.45) is 1.42. The van der Waals surface area contributed by atoms with E-state index in [2.05, 4.69) is 5.32 Å². The van der Waals surface area contributed by atoms with Gasteiger partial charge in [0.25, 0.3) is 0 Å². The Balaban J connectivity index is 1.35. The number of rotatable bonds is 6. The number of hydrogen-bond donors (Lipinski definition) is 1. The van der Waals surface area contributed by atoms with Crippen molar-refractivity contribution in [3.8, 4) is 0 Å². The first-order valence-corrected chi connectivity index (χ1v) is 9.30. The average molecular weight is 365 g/mol. The van der Waals surface area contributed by atoms with Gasteiger partial charge in [-0.1, -0.05) is 60.7 Å². The van der Waals surface area contributed by atoms with Crippen LogP contribution in [0.4, 0.5) is 4.79 Å². The Morgan fingerprint density at radius 3 is 2.37 bits per heavy atom. The molecule has 2 aliphatic heterocycles. The third-order valence-electron chi connectivity index (χ3n) is 5.15. The molecule has 0 aliphatic carbocycles. The van der Waals surface area contributed by atoms with Crippen LogP contribution in [0.15, 0.2) is 60.7 Å². The van der Waals surface area contributed by atoms with Crippen LogP contribution in [0.3, 0.4) is 0 Å². The van der Waals surface area contributed by atoms with Gasteiger partial charge in [-0.2, -0.15) is 5.06 Å². The van der Waals surface area contributed by atoms with Gasteiger partial charge in [0.15, 0.2) is 0 Å². The molecule has 1 N–H and O–H groups in total. The molecule has 0 spiro atoms. The maximum absolute atomic E-state index is 12.7. The maximum atomic E-state index is 12.7. The molecule has 2 fully saturated rings. The predicted octanol–water partition coefficient (Wildman–Crippen LogP) is 2.70. The van der Waals surface area contributed by atoms with E-state index in [4.69, 9.17) is 4.84 Å². The number of hydroxylamine groups is 2. The zero-order valence-electron chi connectivity index (χ0n) is 15.1. The van der Waals surface area contributed by atoms with Gasteiger partial charge < -0.3 is 10.2 Å². The first-order valence-electron chi connectivity index (χ1n) is 9.30. The van der Waals surface area contributed by atoms with E-state index >= 15 is 0 Å². The highest BCUT2D eigenvalue weighted by Crippen LogP contribution is 2.30. The first-order chi connectivity index (χ1) is 13.2. The molecule has 0 aromatic heterocycles. The highest BCUT2D eigenvalue weighted by Gasteiger charge is 2.47. The Bertz CT molecular complexity index is 797. The zero-order valence-corrected chi connectivity index (χ0v) is 15.1. The van der Waals surface area contributed by atoms with Gasteiger partial charge in [-0.3, -0.25) is 9.63 Å². The van der Waals surface area contributed by atoms with Gasteiger partial charge in [0, 0.05) is 13.1 Å². The molecule has 3 amide bonds. The SMILES string of the molecule is O=C(NCc1ccccc1)C1CCC2CN1C(=O)N2OCc1ccccc1. The second-order valence-electron chi connectivity index (χ2n) is 6.97. The number of carbonyl (C=O) groups is 2. The Morgan fingerprint density at radius 2 is 1.67 bits per heavy atom. The summed E-state index contributed by atoms with van der Waals surface area (Å²) in [7, 11) is 0. The topological polar surface area (TPSA) is 61.9 Å². The molecule has 2 saturated heterocycles. The molecule has 2 aromatic carbocycles. The molecule has 27 heavy (non-hydrogen) atoms. The number of amides is 3. The maximum Gasteiger partial charge on any atom is 0.345 e. The smallest absolute Gasteiger partial charge is 0.345 e. The molecule has 2 bridgehead atoms. The van der Waals surface area contributed by atoms with Crippen LogP contribution < -0.4 is 5.32 Å². The van der Waals surface area contributed by atoms with Crippen LogP contribution in [-0.2, 0) is 22.8 Å². The highest BCUT2D eigenvalue weighted by molar-refractivity contribution is 5.88. The van der Waals surface area contributed by atoms with Gasteiger partial charge in [-0.25, -0.2) is 4.79 Å². The van der Waals surface area contributed by atoms with Crippen molar-refractivity contribution in [3.63, 3.8) is 0 Å². The highest BCUT2D eigenvalue weighted by atomic mass is 16.7. The van der Waals surface area contributed by atoms with Crippen LogP contribution in [0, 0.1) is 0 Å². The van der Waals surface area contributed by atoms with Crippen molar-refractivity contribution in [2.45, 2.75) is 38.1 Å². The van der Waals surface area contributed by atoms with Crippen LogP contribution in [0.1, 0.15) is 24.0 Å². The van der Waals surface area contributed by atoms with E-state index in [1.807, 2.05) is 60.7 Å². The number of carbonyl (C=O) groups excluding carboxylic acids is 2. The van der Waals surface area contributed by atoms with E-state index in [0.29, 0.717) is 26.1 Å². The van der Waals surface area contributed by atoms with E-state index in [9.17, 15) is 9.59 Å². The minimum absolute atomic E-state index is 0.0133. The third kappa shape index (κ3) is 3.80. The van der Waals surface area contributed by atoms with E-state index in [-0.39, 0.29) is 18.0 Å². The predicted molar refractivity (Wildman–Crippen MR) is 100 cm³/mol. The van der Waals surface area contributed by atoms with Gasteiger partial charge >= 0.3 is 6.03 Å². The molecule has 2 heterocycles. The minimum Gasteiger partial charge on any atom is -0.350 e. The van der Waals surface area contributed by atoms with E-state index in [1.54, 1.807) is 4.90 Å². The van der Waals surface area contributed by atoms with Crippen LogP contribution in [0.5, 0.6) is 0 Å². The van der Waals surface area contributed by atoms with Crippen LogP contribution in [0.25, 0.3) is 0 Å². The lowest BCUT2D eigenvalue weighted by Crippen LogP contribution is -2.49. The Labute approximate surface area is 158 Å². The van der Waals surface area contributed by atoms with E-state index < -0.39 is 6.04 Å². The summed E-state index contributed by atoms with van der Waals surface area (Å²) in [5.74, 6) is -0.101. The third-order valence-corrected chi connectivity index (χ3v) is 5.15. The number of nitrogens with zero attached hydrogens (tertiary/aromatic N) is 2. The zero-order chi connectivity index (χ0) is 18.6. The molecule has 2 aromatic rings. The average Bonchev–Trinajstić information content (AvgIpc) is 2.96. The number of piperidine rings is 1. The summed E-state index contributed by atoms with van der Waals surface area (Å²) in [6.45, 7) is 1.36. The summed E-state index contributed by atoms with van der Waals surface area (Å²) >= 11 is 0. The minimum atomic E-state index is -0.428. The molecule has 6 heteroatoms. The van der Waals surface area contributed by atoms with Crippen LogP contribution >= 0.6 is 0 Å². The summed E-state index contributed by atoms with van der Waals surface area (Å²) in [5.41, 5.74) is 2.05. The molecule has 4 rings (SSSR count). The lowest BCUT2D eigenvalue weighted by Gasteiger charge is -2.29. The molecular weight excluding hydrogens is 342 g/mol. The van der Waals surface area contributed by atoms with Gasteiger partial charge in [-0.15, -0.1) is 0 Å². The lowest BCUT2D eigenvalue weighted by molar-refractivity contribution is -0.140. The molecule has 0 radical (unpaired) electrons. The Kier molecular flexibility index (Phi) is 5.07. The van der Waals surface area contributed by atoms with Crippen molar-refractivity contribution in [1.82, 2.24) is 15.3 Å². The van der Waals surface area contributed by atoms with Gasteiger partial charge in [0.05, 0.1) is 6.04 Å². The largest absolute Gasteiger partial charge is 0.350 e. The molecule has 2 aliphatic rings. The molecular formula is C21H23N3O3. The Morgan fingerprint density at radius 1 is 1.00 bits per heavy atom. The quantitative estimate of drug-likeness (QED) is 0.856. The van der Waals surface area contributed by atoms with Gasteiger partial charge in [0.2, 0.25) is 5.91 Å². The van der Waals surface area contributed by atoms with Crippen molar-refractivity contribution >= 4 is 11.9 Å². The van der Waals surface area contributed by atoms with Crippen molar-refractivity contribution in [2.24, 2.45) is 0 Å². The number of urea groups is 1. The van der Waals surface area contributed by atoms with E-state index in [0.717, 1.165) is 17.5 Å². The lowest BCUT2D eigenvalue weighted by atomic mass is 10.0. The summed E-state index contributed by atoms with van der Waals surface area (Å²) in [5, 5.41) is 4.41. The first kappa shape index (κ1) is 17.5. The molecule has 2 unspecified atom stereocenters. The fourth-order valence-corrected chi connectivity index (χ4v) is 3.69. The van der Waals surface area contributed by atoms with Crippen LogP contribution in [-0.4, -0.2) is 40.5 Å². The van der Waals surface area contributed by atoms with Crippen molar-refractivity contribution < 1.29 is 14.4 Å². The molecule has 140 valence electrons. The molecule has 0 saturated carbocycles. The molecule has 2 atom stereocenters. The fourth-order valence-electron chi connectivity index (χ4n) is 3.69. The van der Waals surface area contributed by atoms with Crippen molar-refractivity contribution in [1.29, 1.82) is 0 Å². The van der Waals surface area contributed by atoms with Gasteiger partial charge in [-0.05, 0) is 24.0 Å². The van der Waals surface area contributed by atoms with Crippen molar-refractivity contribution in [2.75, 3.05) is 6.54 Å². The monoisotopic (exact) mass is 365 g/mol.